The monoisotopic (exact) mass is 459 g/mol. The number of carbonyl (C=O) groups excluding carboxylic acids is 1. The van der Waals surface area contributed by atoms with Gasteiger partial charge in [-0.05, 0) is 62.8 Å². The SMILES string of the molecule is CCOc1ccc(Br)cc1C1NC(=S)NC(C)=C1C(=O)Nc1ccccc1C. The average Bonchev–Trinajstić information content (AvgIpc) is 2.64. The summed E-state index contributed by atoms with van der Waals surface area (Å²) in [6.07, 6.45) is 0. The van der Waals surface area contributed by atoms with Gasteiger partial charge in [-0.15, -0.1) is 0 Å². The number of anilines is 1. The van der Waals surface area contributed by atoms with E-state index in [0.29, 0.717) is 28.7 Å². The summed E-state index contributed by atoms with van der Waals surface area (Å²) in [5, 5.41) is 9.77. The Bertz CT molecular complexity index is 958. The largest absolute Gasteiger partial charge is 0.494 e. The number of rotatable bonds is 5. The molecule has 1 unspecified atom stereocenters. The lowest BCUT2D eigenvalue weighted by Crippen LogP contribution is -2.45. The van der Waals surface area contributed by atoms with Crippen LogP contribution in [0.2, 0.25) is 0 Å². The lowest BCUT2D eigenvalue weighted by atomic mass is 9.94. The quantitative estimate of drug-likeness (QED) is 0.570. The maximum Gasteiger partial charge on any atom is 0.255 e. The number of benzene rings is 2. The second kappa shape index (κ2) is 8.75. The van der Waals surface area contributed by atoms with E-state index in [1.54, 1.807) is 0 Å². The van der Waals surface area contributed by atoms with Gasteiger partial charge in [-0.1, -0.05) is 34.1 Å². The zero-order valence-electron chi connectivity index (χ0n) is 15.9. The molecular weight excluding hydrogens is 438 g/mol. The first kappa shape index (κ1) is 20.4. The van der Waals surface area contributed by atoms with Crippen molar-refractivity contribution < 1.29 is 9.53 Å². The Morgan fingerprint density at radius 2 is 2.00 bits per heavy atom. The molecular formula is C21H22BrN3O2S. The standard InChI is InChI=1S/C21H22BrN3O2S/c1-4-27-17-10-9-14(22)11-15(17)19-18(13(3)23-21(28)25-19)20(26)24-16-8-6-5-7-12(16)2/h5-11,19H,4H2,1-3H3,(H,24,26)(H2,23,25,28). The van der Waals surface area contributed by atoms with E-state index < -0.39 is 6.04 Å². The summed E-state index contributed by atoms with van der Waals surface area (Å²) in [5.41, 5.74) is 3.89. The predicted octanol–water partition coefficient (Wildman–Crippen LogP) is 4.59. The lowest BCUT2D eigenvalue weighted by Gasteiger charge is -2.31. The van der Waals surface area contributed by atoms with Crippen molar-refractivity contribution in [3.63, 3.8) is 0 Å². The maximum atomic E-state index is 13.2. The first-order valence-corrected chi connectivity index (χ1v) is 10.2. The van der Waals surface area contributed by atoms with Crippen LogP contribution in [0.25, 0.3) is 0 Å². The van der Waals surface area contributed by atoms with Gasteiger partial charge in [0.25, 0.3) is 5.91 Å². The van der Waals surface area contributed by atoms with Crippen molar-refractivity contribution in [1.29, 1.82) is 0 Å². The Morgan fingerprint density at radius 3 is 2.71 bits per heavy atom. The van der Waals surface area contributed by atoms with Crippen LogP contribution >= 0.6 is 28.1 Å². The maximum absolute atomic E-state index is 13.2. The van der Waals surface area contributed by atoms with E-state index in [0.717, 1.165) is 21.3 Å². The van der Waals surface area contributed by atoms with Crippen LogP contribution in [0.5, 0.6) is 5.75 Å². The minimum absolute atomic E-state index is 0.193. The molecule has 0 aliphatic carbocycles. The third kappa shape index (κ3) is 4.36. The van der Waals surface area contributed by atoms with Gasteiger partial charge in [0.15, 0.2) is 5.11 Å². The number of para-hydroxylation sites is 1. The van der Waals surface area contributed by atoms with Crippen molar-refractivity contribution in [2.24, 2.45) is 0 Å². The molecule has 1 aliphatic heterocycles. The molecule has 0 spiro atoms. The molecule has 28 heavy (non-hydrogen) atoms. The molecule has 1 aliphatic rings. The van der Waals surface area contributed by atoms with Crippen LogP contribution in [-0.4, -0.2) is 17.6 Å². The average molecular weight is 460 g/mol. The van der Waals surface area contributed by atoms with Gasteiger partial charge in [0, 0.05) is 21.4 Å². The van der Waals surface area contributed by atoms with Crippen molar-refractivity contribution in [3.8, 4) is 5.75 Å². The van der Waals surface area contributed by atoms with Gasteiger partial charge in [-0.25, -0.2) is 0 Å². The Balaban J connectivity index is 2.03. The lowest BCUT2D eigenvalue weighted by molar-refractivity contribution is -0.113. The topological polar surface area (TPSA) is 62.4 Å². The van der Waals surface area contributed by atoms with Crippen LogP contribution in [0, 0.1) is 6.92 Å². The highest BCUT2D eigenvalue weighted by atomic mass is 79.9. The molecule has 0 radical (unpaired) electrons. The molecule has 1 atom stereocenters. The Labute approximate surface area is 178 Å². The van der Waals surface area contributed by atoms with Crippen molar-refractivity contribution in [1.82, 2.24) is 10.6 Å². The third-order valence-corrected chi connectivity index (χ3v) is 5.20. The number of hydrogen-bond acceptors (Lipinski definition) is 3. The van der Waals surface area contributed by atoms with E-state index >= 15 is 0 Å². The summed E-state index contributed by atoms with van der Waals surface area (Å²) in [6, 6.07) is 13.0. The van der Waals surface area contributed by atoms with E-state index in [2.05, 4.69) is 31.9 Å². The second-order valence-corrected chi connectivity index (χ2v) is 7.78. The fraction of sp³-hybridized carbons (Fsp3) is 0.238. The summed E-state index contributed by atoms with van der Waals surface area (Å²) >= 11 is 8.87. The van der Waals surface area contributed by atoms with Gasteiger partial charge < -0.3 is 20.7 Å². The van der Waals surface area contributed by atoms with Crippen LogP contribution in [0.1, 0.15) is 31.0 Å². The molecule has 2 aromatic rings. The van der Waals surface area contributed by atoms with E-state index in [4.69, 9.17) is 17.0 Å². The summed E-state index contributed by atoms with van der Waals surface area (Å²) in [6.45, 7) is 6.27. The second-order valence-electron chi connectivity index (χ2n) is 6.45. The smallest absolute Gasteiger partial charge is 0.255 e. The summed E-state index contributed by atoms with van der Waals surface area (Å²) in [5.74, 6) is 0.517. The first-order valence-electron chi connectivity index (χ1n) is 8.98. The molecule has 146 valence electrons. The highest BCUT2D eigenvalue weighted by Crippen LogP contribution is 2.35. The highest BCUT2D eigenvalue weighted by molar-refractivity contribution is 9.10. The zero-order valence-corrected chi connectivity index (χ0v) is 18.3. The van der Waals surface area contributed by atoms with Gasteiger partial charge in [-0.3, -0.25) is 4.79 Å². The molecule has 0 saturated heterocycles. The Hall–Kier alpha value is -2.38. The third-order valence-electron chi connectivity index (χ3n) is 4.49. The number of amides is 1. The molecule has 1 amide bonds. The predicted molar refractivity (Wildman–Crippen MR) is 119 cm³/mol. The molecule has 0 fully saturated rings. The van der Waals surface area contributed by atoms with Crippen molar-refractivity contribution in [3.05, 3.63) is 69.3 Å². The summed E-state index contributed by atoms with van der Waals surface area (Å²) in [7, 11) is 0. The van der Waals surface area contributed by atoms with E-state index in [1.165, 1.54) is 0 Å². The fourth-order valence-electron chi connectivity index (χ4n) is 3.16. The minimum atomic E-state index is -0.434. The first-order chi connectivity index (χ1) is 13.4. The van der Waals surface area contributed by atoms with Gasteiger partial charge in [0.1, 0.15) is 5.75 Å². The van der Waals surface area contributed by atoms with Crippen LogP contribution < -0.4 is 20.7 Å². The normalized spacial score (nSPS) is 16.3. The number of aryl methyl sites for hydroxylation is 1. The molecule has 0 saturated carbocycles. The molecule has 2 aromatic carbocycles. The number of hydrogen-bond donors (Lipinski definition) is 3. The fourth-order valence-corrected chi connectivity index (χ4v) is 3.81. The van der Waals surface area contributed by atoms with Crippen LogP contribution in [0.15, 0.2) is 58.2 Å². The van der Waals surface area contributed by atoms with Crippen molar-refractivity contribution in [2.75, 3.05) is 11.9 Å². The number of allylic oxidation sites excluding steroid dienone is 1. The van der Waals surface area contributed by atoms with E-state index in [-0.39, 0.29) is 5.91 Å². The van der Waals surface area contributed by atoms with E-state index in [1.807, 2.05) is 63.2 Å². The van der Waals surface area contributed by atoms with Crippen molar-refractivity contribution >= 4 is 44.9 Å². The Kier molecular flexibility index (Phi) is 6.36. The summed E-state index contributed by atoms with van der Waals surface area (Å²) in [4.78, 5) is 13.2. The number of ether oxygens (including phenoxy) is 1. The van der Waals surface area contributed by atoms with Gasteiger partial charge >= 0.3 is 0 Å². The molecule has 1 heterocycles. The van der Waals surface area contributed by atoms with Gasteiger partial charge in [0.05, 0.1) is 18.2 Å². The zero-order chi connectivity index (χ0) is 20.3. The van der Waals surface area contributed by atoms with E-state index in [9.17, 15) is 4.79 Å². The number of halogens is 1. The molecule has 3 N–H and O–H groups in total. The van der Waals surface area contributed by atoms with Gasteiger partial charge in [-0.2, -0.15) is 0 Å². The summed E-state index contributed by atoms with van der Waals surface area (Å²) < 4.78 is 6.70. The molecule has 5 nitrogen and oxygen atoms in total. The van der Waals surface area contributed by atoms with Crippen molar-refractivity contribution in [2.45, 2.75) is 26.8 Å². The Morgan fingerprint density at radius 1 is 1.25 bits per heavy atom. The number of thiocarbonyl (C=S) groups is 1. The highest BCUT2D eigenvalue weighted by Gasteiger charge is 2.32. The van der Waals surface area contributed by atoms with Crippen LogP contribution in [-0.2, 0) is 4.79 Å². The molecule has 3 rings (SSSR count). The van der Waals surface area contributed by atoms with Crippen LogP contribution in [0.3, 0.4) is 0 Å². The minimum Gasteiger partial charge on any atom is -0.494 e. The molecule has 0 aromatic heterocycles. The number of carbonyl (C=O) groups is 1. The molecule has 7 heteroatoms. The van der Waals surface area contributed by atoms with Gasteiger partial charge in [0.2, 0.25) is 0 Å². The van der Waals surface area contributed by atoms with Crippen LogP contribution in [0.4, 0.5) is 5.69 Å². The molecule has 0 bridgehead atoms. The number of nitrogens with one attached hydrogen (secondary N) is 3.